The number of nitrogens with one attached hydrogen (secondary N) is 1. The maximum Gasteiger partial charge on any atom is 0.244 e. The Morgan fingerprint density at radius 3 is 2.22 bits per heavy atom. The second kappa shape index (κ2) is 15.4. The fraction of sp³-hybridized carbons (Fsp3) is 0.355. The molecule has 1 unspecified atom stereocenters. The number of rotatable bonds is 15. The lowest BCUT2D eigenvalue weighted by Gasteiger charge is -2.33. The van der Waals surface area contributed by atoms with Gasteiger partial charge in [-0.3, -0.25) is 13.9 Å². The molecule has 10 heteroatoms. The van der Waals surface area contributed by atoms with Crippen LogP contribution in [0, 0.1) is 0 Å². The summed E-state index contributed by atoms with van der Waals surface area (Å²) in [6, 6.07) is 22.1. The van der Waals surface area contributed by atoms with E-state index in [9.17, 15) is 18.0 Å². The number of hydrogen-bond acceptors (Lipinski definition) is 5. The lowest BCUT2D eigenvalue weighted by atomic mass is 10.0. The van der Waals surface area contributed by atoms with Crippen LogP contribution in [0.25, 0.3) is 0 Å². The molecule has 0 saturated heterocycles. The first-order valence-corrected chi connectivity index (χ1v) is 15.9. The standard InChI is InChI=1S/C31H38ClN3O5S/c1-4-6-20-33-31(37)29(21-24-12-8-7-9-13-24)34(22-25-14-10-11-15-28(25)32)30(36)23-35(41(3,38)39)26-16-18-27(19-17-26)40-5-2/h7-19,29H,4-6,20-23H2,1-3H3,(H,33,37). The Labute approximate surface area is 248 Å². The molecule has 0 saturated carbocycles. The summed E-state index contributed by atoms with van der Waals surface area (Å²) in [5, 5.41) is 3.41. The number of amides is 2. The minimum atomic E-state index is -3.86. The lowest BCUT2D eigenvalue weighted by molar-refractivity contribution is -0.140. The number of hydrogen-bond donors (Lipinski definition) is 1. The summed E-state index contributed by atoms with van der Waals surface area (Å²) in [5.74, 6) is -0.256. The number of unbranched alkanes of at least 4 members (excludes halogenated alkanes) is 1. The number of carbonyl (C=O) groups is 2. The highest BCUT2D eigenvalue weighted by atomic mass is 35.5. The molecular weight excluding hydrogens is 562 g/mol. The maximum absolute atomic E-state index is 14.1. The fourth-order valence-corrected chi connectivity index (χ4v) is 5.40. The molecule has 0 aliphatic rings. The molecule has 0 heterocycles. The average Bonchev–Trinajstić information content (AvgIpc) is 2.95. The highest BCUT2D eigenvalue weighted by Gasteiger charge is 2.33. The monoisotopic (exact) mass is 599 g/mol. The van der Waals surface area contributed by atoms with E-state index in [0.29, 0.717) is 35.2 Å². The van der Waals surface area contributed by atoms with E-state index in [1.54, 1.807) is 48.5 Å². The normalized spacial score (nSPS) is 11.9. The molecule has 3 aromatic carbocycles. The van der Waals surface area contributed by atoms with Crippen LogP contribution in [0.3, 0.4) is 0 Å². The summed E-state index contributed by atoms with van der Waals surface area (Å²) in [4.78, 5) is 29.1. The van der Waals surface area contributed by atoms with Crippen molar-refractivity contribution in [2.75, 3.05) is 30.3 Å². The van der Waals surface area contributed by atoms with Crippen molar-refractivity contribution in [3.63, 3.8) is 0 Å². The van der Waals surface area contributed by atoms with E-state index in [1.165, 1.54) is 4.90 Å². The Hall–Kier alpha value is -3.56. The van der Waals surface area contributed by atoms with Crippen LogP contribution in [0.5, 0.6) is 5.75 Å². The van der Waals surface area contributed by atoms with E-state index in [0.717, 1.165) is 29.0 Å². The Bertz CT molecular complexity index is 1380. The zero-order valence-electron chi connectivity index (χ0n) is 23.8. The van der Waals surface area contributed by atoms with Crippen molar-refractivity contribution in [1.29, 1.82) is 0 Å². The van der Waals surface area contributed by atoms with E-state index in [4.69, 9.17) is 16.3 Å². The van der Waals surface area contributed by atoms with E-state index in [-0.39, 0.29) is 18.9 Å². The van der Waals surface area contributed by atoms with Crippen LogP contribution in [-0.4, -0.2) is 57.1 Å². The average molecular weight is 600 g/mol. The number of carbonyl (C=O) groups excluding carboxylic acids is 2. The second-order valence-corrected chi connectivity index (χ2v) is 12.0. The minimum absolute atomic E-state index is 0.0259. The fourth-order valence-electron chi connectivity index (χ4n) is 4.36. The molecule has 2 amide bonds. The van der Waals surface area contributed by atoms with Gasteiger partial charge in [0.2, 0.25) is 21.8 Å². The van der Waals surface area contributed by atoms with Crippen molar-refractivity contribution < 1.29 is 22.7 Å². The molecule has 1 atom stereocenters. The third-order valence-electron chi connectivity index (χ3n) is 6.51. The summed E-state index contributed by atoms with van der Waals surface area (Å²) in [6.45, 7) is 4.35. The molecule has 0 spiro atoms. The number of halogens is 1. The first-order chi connectivity index (χ1) is 19.6. The summed E-state index contributed by atoms with van der Waals surface area (Å²) in [6.07, 6.45) is 2.99. The molecule has 0 radical (unpaired) electrons. The van der Waals surface area contributed by atoms with Crippen LogP contribution >= 0.6 is 11.6 Å². The van der Waals surface area contributed by atoms with E-state index >= 15 is 0 Å². The van der Waals surface area contributed by atoms with Gasteiger partial charge in [-0.2, -0.15) is 0 Å². The van der Waals surface area contributed by atoms with Gasteiger partial charge in [-0.15, -0.1) is 0 Å². The van der Waals surface area contributed by atoms with Gasteiger partial charge in [-0.05, 0) is 54.8 Å². The van der Waals surface area contributed by atoms with Crippen LogP contribution in [0.2, 0.25) is 5.02 Å². The molecule has 0 aromatic heterocycles. The van der Waals surface area contributed by atoms with E-state index in [2.05, 4.69) is 5.32 Å². The summed E-state index contributed by atoms with van der Waals surface area (Å²) < 4.78 is 32.3. The second-order valence-electron chi connectivity index (χ2n) is 9.66. The molecule has 8 nitrogen and oxygen atoms in total. The van der Waals surface area contributed by atoms with Gasteiger partial charge in [0.25, 0.3) is 0 Å². The first-order valence-electron chi connectivity index (χ1n) is 13.7. The predicted molar refractivity (Wildman–Crippen MR) is 164 cm³/mol. The Kier molecular flexibility index (Phi) is 12.0. The van der Waals surface area contributed by atoms with E-state index in [1.807, 2.05) is 44.2 Å². The van der Waals surface area contributed by atoms with Gasteiger partial charge in [-0.25, -0.2) is 8.42 Å². The summed E-state index contributed by atoms with van der Waals surface area (Å²) in [7, 11) is -3.86. The van der Waals surface area contributed by atoms with Gasteiger partial charge in [0, 0.05) is 24.5 Å². The topological polar surface area (TPSA) is 96.0 Å². The largest absolute Gasteiger partial charge is 0.494 e. The van der Waals surface area contributed by atoms with Gasteiger partial charge in [-0.1, -0.05) is 73.5 Å². The van der Waals surface area contributed by atoms with Gasteiger partial charge < -0.3 is 15.0 Å². The van der Waals surface area contributed by atoms with Crippen molar-refractivity contribution in [3.05, 3.63) is 95.0 Å². The molecule has 3 rings (SSSR count). The Morgan fingerprint density at radius 1 is 0.951 bits per heavy atom. The van der Waals surface area contributed by atoms with Crippen LogP contribution in [0.1, 0.15) is 37.8 Å². The third kappa shape index (κ3) is 9.50. The predicted octanol–water partition coefficient (Wildman–Crippen LogP) is 5.06. The number of nitrogens with zero attached hydrogens (tertiary/aromatic N) is 2. The molecular formula is C31H38ClN3O5S. The van der Waals surface area contributed by atoms with Crippen molar-refractivity contribution in [2.24, 2.45) is 0 Å². The number of benzene rings is 3. The molecule has 0 fully saturated rings. The molecule has 0 aliphatic heterocycles. The van der Waals surface area contributed by atoms with Crippen molar-refractivity contribution in [3.8, 4) is 5.75 Å². The third-order valence-corrected chi connectivity index (χ3v) is 8.02. The highest BCUT2D eigenvalue weighted by molar-refractivity contribution is 7.92. The molecule has 1 N–H and O–H groups in total. The molecule has 3 aromatic rings. The van der Waals surface area contributed by atoms with Gasteiger partial charge in [0.1, 0.15) is 18.3 Å². The summed E-state index contributed by atoms with van der Waals surface area (Å²) in [5.41, 5.74) is 1.83. The highest BCUT2D eigenvalue weighted by Crippen LogP contribution is 2.24. The van der Waals surface area contributed by atoms with Gasteiger partial charge >= 0.3 is 0 Å². The number of ether oxygens (including phenoxy) is 1. The first kappa shape index (κ1) is 32.0. The van der Waals surface area contributed by atoms with Gasteiger partial charge in [0.05, 0.1) is 18.6 Å². The molecule has 220 valence electrons. The number of sulfonamides is 1. The summed E-state index contributed by atoms with van der Waals surface area (Å²) >= 11 is 6.48. The molecule has 0 aliphatic carbocycles. The van der Waals surface area contributed by atoms with Crippen molar-refractivity contribution >= 4 is 39.1 Å². The van der Waals surface area contributed by atoms with E-state index < -0.39 is 28.5 Å². The van der Waals surface area contributed by atoms with Crippen molar-refractivity contribution in [2.45, 2.75) is 45.7 Å². The van der Waals surface area contributed by atoms with Crippen LogP contribution in [0.4, 0.5) is 5.69 Å². The smallest absolute Gasteiger partial charge is 0.244 e. The van der Waals surface area contributed by atoms with Crippen LogP contribution in [-0.2, 0) is 32.6 Å². The SMILES string of the molecule is CCCCNC(=O)C(Cc1ccccc1)N(Cc1ccccc1Cl)C(=O)CN(c1ccc(OCC)cc1)S(C)(=O)=O. The van der Waals surface area contributed by atoms with Gasteiger partial charge in [0.15, 0.2) is 0 Å². The van der Waals surface area contributed by atoms with Crippen LogP contribution < -0.4 is 14.4 Å². The maximum atomic E-state index is 14.1. The molecule has 0 bridgehead atoms. The zero-order chi connectivity index (χ0) is 29.8. The Morgan fingerprint density at radius 2 is 1.61 bits per heavy atom. The lowest BCUT2D eigenvalue weighted by Crippen LogP contribution is -2.53. The zero-order valence-corrected chi connectivity index (χ0v) is 25.3. The quantitative estimate of drug-likeness (QED) is 0.246. The molecule has 41 heavy (non-hydrogen) atoms. The van der Waals surface area contributed by atoms with Crippen LogP contribution in [0.15, 0.2) is 78.9 Å². The minimum Gasteiger partial charge on any atom is -0.494 e. The number of anilines is 1. The van der Waals surface area contributed by atoms with Crippen molar-refractivity contribution in [1.82, 2.24) is 10.2 Å². The Balaban J connectivity index is 2.02.